The quantitative estimate of drug-likeness (QED) is 0.390. The first kappa shape index (κ1) is 20.6. The number of hydrogen-bond acceptors (Lipinski definition) is 6. The number of ether oxygens (including phenoxy) is 1. The number of sulfonamides is 1. The zero-order chi connectivity index (χ0) is 19.2. The molecule has 0 atom stereocenters. The Hall–Kier alpha value is -1.74. The van der Waals surface area contributed by atoms with Crippen LogP contribution in [0.15, 0.2) is 57.2 Å². The minimum Gasteiger partial charge on any atom is -0.465 e. The zero-order valence-electron chi connectivity index (χ0n) is 14.1. The number of rotatable bonds is 8. The van der Waals surface area contributed by atoms with Crippen molar-refractivity contribution in [3.05, 3.63) is 48.0 Å². The second-order valence-corrected chi connectivity index (χ2v) is 8.26. The highest BCUT2D eigenvalue weighted by molar-refractivity contribution is 8.00. The molecule has 26 heavy (non-hydrogen) atoms. The maximum atomic E-state index is 12.2. The number of carbonyl (C=O) groups excluding carboxylic acids is 1. The molecule has 0 heterocycles. The Labute approximate surface area is 162 Å². The van der Waals surface area contributed by atoms with Gasteiger partial charge in [0.15, 0.2) is 0 Å². The van der Waals surface area contributed by atoms with E-state index < -0.39 is 16.0 Å². The first-order chi connectivity index (χ1) is 12.4. The monoisotopic (exact) mass is 414 g/mol. The zero-order valence-corrected chi connectivity index (χ0v) is 16.5. The summed E-state index contributed by atoms with van der Waals surface area (Å²) in [6, 6.07) is 12.1. The third-order valence-corrected chi connectivity index (χ3v) is 5.85. The fraction of sp³-hybridized carbons (Fsp3) is 0.235. The van der Waals surface area contributed by atoms with Gasteiger partial charge < -0.3 is 10.1 Å². The molecule has 9 heteroatoms. The van der Waals surface area contributed by atoms with Crippen LogP contribution >= 0.6 is 23.4 Å². The van der Waals surface area contributed by atoms with Crippen LogP contribution < -0.4 is 10.5 Å². The van der Waals surface area contributed by atoms with Gasteiger partial charge in [-0.25, -0.2) is 18.4 Å². The molecular weight excluding hydrogens is 396 g/mol. The van der Waals surface area contributed by atoms with E-state index in [1.165, 1.54) is 24.9 Å². The number of nitrogens with one attached hydrogen (secondary N) is 1. The molecule has 3 N–H and O–H groups in total. The Morgan fingerprint density at radius 2 is 1.96 bits per heavy atom. The molecule has 2 aromatic rings. The van der Waals surface area contributed by atoms with Crippen LogP contribution in [0.4, 0.5) is 5.69 Å². The molecule has 140 valence electrons. The molecule has 2 aromatic carbocycles. The van der Waals surface area contributed by atoms with E-state index in [9.17, 15) is 13.2 Å². The molecular formula is C17H19ClN2O4S2. The van der Waals surface area contributed by atoms with Gasteiger partial charge in [0.2, 0.25) is 10.0 Å². The molecule has 0 fully saturated rings. The summed E-state index contributed by atoms with van der Waals surface area (Å²) in [5.41, 5.74) is 0.582. The van der Waals surface area contributed by atoms with Gasteiger partial charge in [0, 0.05) is 17.3 Å². The summed E-state index contributed by atoms with van der Waals surface area (Å²) in [7, 11) is -2.84. The molecule has 0 aromatic heterocycles. The predicted molar refractivity (Wildman–Crippen MR) is 104 cm³/mol. The van der Waals surface area contributed by atoms with Crippen molar-refractivity contribution in [2.45, 2.75) is 21.1 Å². The first-order valence-electron chi connectivity index (χ1n) is 7.68. The van der Waals surface area contributed by atoms with Crippen molar-refractivity contribution in [2.75, 3.05) is 24.9 Å². The van der Waals surface area contributed by atoms with Crippen molar-refractivity contribution < 1.29 is 17.9 Å². The topological polar surface area (TPSA) is 98.5 Å². The third-order valence-electron chi connectivity index (χ3n) is 3.37. The molecule has 2 rings (SSSR count). The van der Waals surface area contributed by atoms with Crippen molar-refractivity contribution in [3.63, 3.8) is 0 Å². The number of esters is 1. The van der Waals surface area contributed by atoms with Crippen molar-refractivity contribution in [3.8, 4) is 0 Å². The van der Waals surface area contributed by atoms with Gasteiger partial charge in [-0.2, -0.15) is 0 Å². The maximum Gasteiger partial charge on any atom is 0.337 e. The number of nitrogens with two attached hydrogens (primary N) is 1. The van der Waals surface area contributed by atoms with E-state index in [-0.39, 0.29) is 10.5 Å². The number of alkyl halides is 1. The van der Waals surface area contributed by atoms with Crippen LogP contribution in [0.1, 0.15) is 16.8 Å². The highest BCUT2D eigenvalue weighted by Gasteiger charge is 2.22. The molecule has 0 saturated heterocycles. The first-order valence-corrected chi connectivity index (χ1v) is 10.6. The van der Waals surface area contributed by atoms with Crippen LogP contribution in [0.3, 0.4) is 0 Å². The maximum absolute atomic E-state index is 12.2. The van der Waals surface area contributed by atoms with E-state index in [2.05, 4.69) is 5.32 Å². The number of methoxy groups -OCH3 is 1. The molecule has 0 bridgehead atoms. The summed E-state index contributed by atoms with van der Waals surface area (Å²) in [6.45, 7) is 0.514. The van der Waals surface area contributed by atoms with E-state index in [0.29, 0.717) is 29.4 Å². The predicted octanol–water partition coefficient (Wildman–Crippen LogP) is 3.31. The van der Waals surface area contributed by atoms with E-state index in [1.54, 1.807) is 6.07 Å². The summed E-state index contributed by atoms with van der Waals surface area (Å²) < 4.78 is 29.0. The van der Waals surface area contributed by atoms with Crippen LogP contribution in [0.5, 0.6) is 0 Å². The molecule has 0 unspecified atom stereocenters. The number of halogens is 1. The molecule has 0 amide bonds. The molecule has 0 spiro atoms. The summed E-state index contributed by atoms with van der Waals surface area (Å²) in [4.78, 5) is 13.0. The van der Waals surface area contributed by atoms with Crippen LogP contribution in [-0.4, -0.2) is 33.9 Å². The summed E-state index contributed by atoms with van der Waals surface area (Å²) >= 11 is 6.96. The minimum absolute atomic E-state index is 0.0994. The molecule has 0 aliphatic carbocycles. The highest BCUT2D eigenvalue weighted by Crippen LogP contribution is 2.39. The minimum atomic E-state index is -4.07. The van der Waals surface area contributed by atoms with Gasteiger partial charge in [-0.1, -0.05) is 30.0 Å². The summed E-state index contributed by atoms with van der Waals surface area (Å²) in [6.07, 6.45) is 0.671. The molecule has 0 aliphatic rings. The van der Waals surface area contributed by atoms with Gasteiger partial charge in [-0.05, 0) is 30.7 Å². The van der Waals surface area contributed by atoms with Crippen molar-refractivity contribution in [1.29, 1.82) is 0 Å². The number of benzene rings is 2. The highest BCUT2D eigenvalue weighted by atomic mass is 35.5. The molecule has 0 saturated carbocycles. The van der Waals surface area contributed by atoms with Crippen LogP contribution in [0.25, 0.3) is 0 Å². The lowest BCUT2D eigenvalue weighted by Crippen LogP contribution is -2.16. The molecule has 0 aliphatic heterocycles. The van der Waals surface area contributed by atoms with Crippen molar-refractivity contribution in [2.24, 2.45) is 5.14 Å². The molecule has 0 radical (unpaired) electrons. The number of carbonyl (C=O) groups is 1. The molecule has 6 nitrogen and oxygen atoms in total. The van der Waals surface area contributed by atoms with Gasteiger partial charge >= 0.3 is 5.97 Å². The van der Waals surface area contributed by atoms with E-state index in [4.69, 9.17) is 21.5 Å². The SMILES string of the molecule is COC(=O)c1cc(NCCCCl)c(Sc2ccccc2)c(S(N)(=O)=O)c1. The number of primary sulfonamides is 1. The second-order valence-electron chi connectivity index (χ2n) is 5.27. The summed E-state index contributed by atoms with van der Waals surface area (Å²) in [5.74, 6) is -0.195. The van der Waals surface area contributed by atoms with Crippen LogP contribution in [-0.2, 0) is 14.8 Å². The van der Waals surface area contributed by atoms with Gasteiger partial charge in [-0.3, -0.25) is 0 Å². The van der Waals surface area contributed by atoms with Crippen LogP contribution in [0.2, 0.25) is 0 Å². The Balaban J connectivity index is 2.60. The Morgan fingerprint density at radius 3 is 2.54 bits per heavy atom. The fourth-order valence-electron chi connectivity index (χ4n) is 2.18. The standard InChI is InChI=1S/C17H19ClN2O4S2/c1-24-17(21)12-10-14(20-9-5-8-18)16(15(11-12)26(19,22)23)25-13-6-3-2-4-7-13/h2-4,6-7,10-11,20H,5,8-9H2,1H3,(H2,19,22,23). The van der Waals surface area contributed by atoms with Gasteiger partial charge in [0.05, 0.1) is 28.2 Å². The van der Waals surface area contributed by atoms with E-state index >= 15 is 0 Å². The van der Waals surface area contributed by atoms with E-state index in [0.717, 1.165) is 4.90 Å². The van der Waals surface area contributed by atoms with E-state index in [1.807, 2.05) is 30.3 Å². The van der Waals surface area contributed by atoms with Crippen molar-refractivity contribution in [1.82, 2.24) is 0 Å². The number of hydrogen-bond donors (Lipinski definition) is 2. The van der Waals surface area contributed by atoms with Gasteiger partial charge in [0.1, 0.15) is 0 Å². The lowest BCUT2D eigenvalue weighted by atomic mass is 10.2. The third kappa shape index (κ3) is 5.38. The summed E-state index contributed by atoms with van der Waals surface area (Å²) in [5, 5.41) is 8.54. The fourth-order valence-corrected chi connectivity index (χ4v) is 4.38. The lowest BCUT2D eigenvalue weighted by molar-refractivity contribution is 0.0600. The average molecular weight is 415 g/mol. The van der Waals surface area contributed by atoms with Gasteiger partial charge in [-0.15, -0.1) is 11.6 Å². The Morgan fingerprint density at radius 1 is 1.27 bits per heavy atom. The van der Waals surface area contributed by atoms with Crippen LogP contribution in [0, 0.1) is 0 Å². The average Bonchev–Trinajstić information content (AvgIpc) is 2.62. The normalized spacial score (nSPS) is 11.2. The largest absolute Gasteiger partial charge is 0.465 e. The second kappa shape index (κ2) is 9.27. The Kier molecular flexibility index (Phi) is 7.33. The van der Waals surface area contributed by atoms with Gasteiger partial charge in [0.25, 0.3) is 0 Å². The Bertz CT molecular complexity index is 874. The number of anilines is 1. The van der Waals surface area contributed by atoms with Crippen molar-refractivity contribution >= 4 is 45.0 Å². The lowest BCUT2D eigenvalue weighted by Gasteiger charge is -2.16. The smallest absolute Gasteiger partial charge is 0.337 e.